The van der Waals surface area contributed by atoms with Crippen molar-refractivity contribution in [1.29, 1.82) is 0 Å². The number of carbonyl (C=O) groups excluding carboxylic acids is 1. The first-order valence-corrected chi connectivity index (χ1v) is 12.6. The first kappa shape index (κ1) is 20.9. The zero-order valence-electron chi connectivity index (χ0n) is 19.2. The molecule has 1 spiro atoms. The number of carbonyl (C=O) groups is 1. The lowest BCUT2D eigenvalue weighted by Gasteiger charge is -2.12. The summed E-state index contributed by atoms with van der Waals surface area (Å²) < 4.78 is 2.09. The van der Waals surface area contributed by atoms with Gasteiger partial charge in [0.05, 0.1) is 12.2 Å². The van der Waals surface area contributed by atoms with E-state index < -0.39 is 0 Å². The summed E-state index contributed by atoms with van der Waals surface area (Å²) >= 11 is 6.24. The van der Waals surface area contributed by atoms with E-state index in [0.29, 0.717) is 24.1 Å². The van der Waals surface area contributed by atoms with Crippen molar-refractivity contribution in [3.05, 3.63) is 82.5 Å². The van der Waals surface area contributed by atoms with E-state index in [2.05, 4.69) is 55.6 Å². The van der Waals surface area contributed by atoms with Gasteiger partial charge in [0.1, 0.15) is 23.6 Å². The lowest BCUT2D eigenvalue weighted by Crippen LogP contribution is -2.20. The van der Waals surface area contributed by atoms with E-state index in [4.69, 9.17) is 16.6 Å². The van der Waals surface area contributed by atoms with Gasteiger partial charge in [-0.05, 0) is 72.9 Å². The average Bonchev–Trinajstić information content (AvgIpc) is 3.76. The number of pyridine rings is 1. The van der Waals surface area contributed by atoms with Gasteiger partial charge in [-0.15, -0.1) is 0 Å². The summed E-state index contributed by atoms with van der Waals surface area (Å²) in [6, 6.07) is 12.1. The third-order valence-corrected chi connectivity index (χ3v) is 8.02. The molecule has 1 aromatic carbocycles. The summed E-state index contributed by atoms with van der Waals surface area (Å²) in [5.41, 5.74) is 5.74. The molecule has 0 saturated heterocycles. The molecule has 0 radical (unpaired) electrons. The van der Waals surface area contributed by atoms with Crippen LogP contribution in [-0.2, 0) is 23.2 Å². The minimum Gasteiger partial charge on any atom is -0.364 e. The molecule has 2 atom stereocenters. The monoisotopic (exact) mass is 484 g/mol. The van der Waals surface area contributed by atoms with E-state index >= 15 is 0 Å². The Morgan fingerprint density at radius 3 is 2.89 bits per heavy atom. The number of halogens is 1. The highest BCUT2D eigenvalue weighted by Crippen LogP contribution is 2.62. The minimum atomic E-state index is -0.0685. The Morgan fingerprint density at radius 1 is 1.11 bits per heavy atom. The van der Waals surface area contributed by atoms with Crippen LogP contribution in [0.2, 0.25) is 5.02 Å². The van der Waals surface area contributed by atoms with Crippen LogP contribution in [0.25, 0.3) is 5.65 Å². The minimum absolute atomic E-state index is 0.00860. The Balaban J connectivity index is 1.01. The molecule has 3 heterocycles. The fourth-order valence-corrected chi connectivity index (χ4v) is 5.84. The van der Waals surface area contributed by atoms with Crippen LogP contribution >= 0.6 is 11.6 Å². The van der Waals surface area contributed by atoms with Gasteiger partial charge in [0.25, 0.3) is 0 Å². The van der Waals surface area contributed by atoms with Crippen molar-refractivity contribution >= 4 is 34.8 Å². The lowest BCUT2D eigenvalue weighted by molar-refractivity contribution is -0.117. The highest BCUT2D eigenvalue weighted by molar-refractivity contribution is 6.30. The maximum absolute atomic E-state index is 13.1. The van der Waals surface area contributed by atoms with Crippen molar-refractivity contribution in [3.63, 3.8) is 0 Å². The van der Waals surface area contributed by atoms with E-state index in [9.17, 15) is 4.79 Å². The van der Waals surface area contributed by atoms with Gasteiger partial charge in [0.2, 0.25) is 5.91 Å². The molecule has 8 heteroatoms. The molecule has 2 saturated carbocycles. The number of anilines is 2. The number of benzene rings is 1. The number of aryl methyl sites for hydroxylation is 1. The van der Waals surface area contributed by atoms with Crippen LogP contribution in [-0.4, -0.2) is 25.3 Å². The van der Waals surface area contributed by atoms with E-state index in [0.717, 1.165) is 35.6 Å². The zero-order chi connectivity index (χ0) is 23.6. The Bertz CT molecular complexity index is 1480. The van der Waals surface area contributed by atoms with Crippen molar-refractivity contribution in [3.8, 4) is 0 Å². The number of hydrogen-bond donors (Lipinski definition) is 2. The highest BCUT2D eigenvalue weighted by atomic mass is 35.5. The van der Waals surface area contributed by atoms with Crippen molar-refractivity contribution in [1.82, 2.24) is 19.4 Å². The molecule has 0 unspecified atom stereocenters. The van der Waals surface area contributed by atoms with E-state index in [1.807, 2.05) is 12.1 Å². The van der Waals surface area contributed by atoms with Gasteiger partial charge in [-0.2, -0.15) is 0 Å². The SMILES string of the molecule is O=C(Nc1cc(NCc2cn3cc(C4CC4)ccc3n2)ncn1)[C@@H]1C[C@]12CCc1ccc(Cl)cc12. The van der Waals surface area contributed by atoms with Crippen molar-refractivity contribution in [2.75, 3.05) is 10.6 Å². The van der Waals surface area contributed by atoms with Crippen molar-refractivity contribution in [2.24, 2.45) is 5.92 Å². The summed E-state index contributed by atoms with van der Waals surface area (Å²) in [4.78, 5) is 26.3. The zero-order valence-corrected chi connectivity index (χ0v) is 19.9. The molecule has 7 rings (SSSR count). The topological polar surface area (TPSA) is 84.2 Å². The van der Waals surface area contributed by atoms with Gasteiger partial charge in [0.15, 0.2) is 0 Å². The molecule has 7 nitrogen and oxygen atoms in total. The second-order valence-corrected chi connectivity index (χ2v) is 10.5. The number of nitrogens with zero attached hydrogens (tertiary/aromatic N) is 4. The normalized spacial score (nSPS) is 22.4. The summed E-state index contributed by atoms with van der Waals surface area (Å²) in [7, 11) is 0. The number of imidazole rings is 1. The third-order valence-electron chi connectivity index (χ3n) is 7.78. The van der Waals surface area contributed by atoms with Crippen LogP contribution in [0.4, 0.5) is 11.6 Å². The Hall–Kier alpha value is -3.45. The second kappa shape index (κ2) is 7.78. The van der Waals surface area contributed by atoms with Crippen molar-refractivity contribution < 1.29 is 4.79 Å². The summed E-state index contributed by atoms with van der Waals surface area (Å²) in [6.07, 6.45) is 11.1. The molecular weight excluding hydrogens is 460 g/mol. The summed E-state index contributed by atoms with van der Waals surface area (Å²) in [6.45, 7) is 0.536. The standard InChI is InChI=1S/C27H25ClN6O/c28-19-5-3-17-7-8-27(21(17)9-19)11-22(27)26(35)33-24-10-23(30-15-31-24)29-12-20-14-34-13-18(16-1-2-16)4-6-25(34)32-20/h3-6,9-10,13-16,22H,1-2,7-8,11-12H2,(H2,29,30,31,33,35)/t22-,27-/m0/s1. The molecule has 0 bridgehead atoms. The molecular formula is C27H25ClN6O. The van der Waals surface area contributed by atoms with E-state index in [1.54, 1.807) is 6.07 Å². The number of amides is 1. The third kappa shape index (κ3) is 3.74. The molecule has 0 aliphatic heterocycles. The second-order valence-electron chi connectivity index (χ2n) is 10.1. The Kier molecular flexibility index (Phi) is 4.64. The molecule has 4 aromatic rings. The molecule has 3 aliphatic rings. The van der Waals surface area contributed by atoms with Crippen molar-refractivity contribution in [2.45, 2.75) is 50.0 Å². The van der Waals surface area contributed by atoms with Gasteiger partial charge in [0, 0.05) is 34.8 Å². The van der Waals surface area contributed by atoms with Crippen LogP contribution < -0.4 is 10.6 Å². The largest absolute Gasteiger partial charge is 0.364 e. The predicted molar refractivity (Wildman–Crippen MR) is 135 cm³/mol. The van der Waals surface area contributed by atoms with Gasteiger partial charge < -0.3 is 15.0 Å². The predicted octanol–water partition coefficient (Wildman–Crippen LogP) is 5.11. The first-order valence-electron chi connectivity index (χ1n) is 12.2. The molecule has 3 aromatic heterocycles. The summed E-state index contributed by atoms with van der Waals surface area (Å²) in [5.74, 6) is 1.82. The van der Waals surface area contributed by atoms with E-state index in [-0.39, 0.29) is 17.2 Å². The Labute approximate surface area is 208 Å². The van der Waals surface area contributed by atoms with Gasteiger partial charge in [-0.3, -0.25) is 4.79 Å². The number of nitrogens with one attached hydrogen (secondary N) is 2. The lowest BCUT2D eigenvalue weighted by atomic mass is 9.95. The van der Waals surface area contributed by atoms with E-state index in [1.165, 1.54) is 35.9 Å². The van der Waals surface area contributed by atoms with Gasteiger partial charge >= 0.3 is 0 Å². The smallest absolute Gasteiger partial charge is 0.229 e. The van der Waals surface area contributed by atoms with Crippen LogP contribution in [0, 0.1) is 5.92 Å². The quantitative estimate of drug-likeness (QED) is 0.397. The van der Waals surface area contributed by atoms with Crippen LogP contribution in [0.15, 0.2) is 55.1 Å². The Morgan fingerprint density at radius 2 is 2.00 bits per heavy atom. The number of aromatic nitrogens is 4. The first-order chi connectivity index (χ1) is 17.1. The van der Waals surface area contributed by atoms with Crippen LogP contribution in [0.1, 0.15) is 54.0 Å². The molecule has 2 fully saturated rings. The van der Waals surface area contributed by atoms with Gasteiger partial charge in [-0.25, -0.2) is 15.0 Å². The fourth-order valence-electron chi connectivity index (χ4n) is 5.67. The molecule has 176 valence electrons. The highest BCUT2D eigenvalue weighted by Gasteiger charge is 2.61. The fraction of sp³-hybridized carbons (Fsp3) is 0.333. The average molecular weight is 485 g/mol. The number of hydrogen-bond acceptors (Lipinski definition) is 5. The maximum Gasteiger partial charge on any atom is 0.229 e. The number of rotatable bonds is 6. The molecule has 35 heavy (non-hydrogen) atoms. The van der Waals surface area contributed by atoms with Gasteiger partial charge in [-0.1, -0.05) is 23.7 Å². The van der Waals surface area contributed by atoms with Crippen LogP contribution in [0.5, 0.6) is 0 Å². The molecule has 3 aliphatic carbocycles. The molecule has 2 N–H and O–H groups in total. The number of fused-ring (bicyclic) bond motifs is 3. The molecule has 1 amide bonds. The summed E-state index contributed by atoms with van der Waals surface area (Å²) in [5, 5.41) is 7.04. The van der Waals surface area contributed by atoms with Crippen LogP contribution in [0.3, 0.4) is 0 Å². The maximum atomic E-state index is 13.1.